The van der Waals surface area contributed by atoms with Gasteiger partial charge in [-0.25, -0.2) is 0 Å². The van der Waals surface area contributed by atoms with Crippen molar-refractivity contribution >= 4 is 17.3 Å². The fourth-order valence-electron chi connectivity index (χ4n) is 3.02. The smallest absolute Gasteiger partial charge is 0.244 e. The summed E-state index contributed by atoms with van der Waals surface area (Å²) in [6.45, 7) is 6.76. The van der Waals surface area contributed by atoms with E-state index >= 15 is 0 Å². The van der Waals surface area contributed by atoms with Gasteiger partial charge in [-0.1, -0.05) is 19.1 Å². The minimum Gasteiger partial charge on any atom is -0.397 e. The van der Waals surface area contributed by atoms with Crippen LogP contribution in [0.4, 0.5) is 11.4 Å². The van der Waals surface area contributed by atoms with Crippen LogP contribution in [0, 0.1) is 0 Å². The van der Waals surface area contributed by atoms with Crippen LogP contribution in [0.5, 0.6) is 0 Å². The topological polar surface area (TPSA) is 49.6 Å². The number of likely N-dealkylation sites (tertiary alicyclic amines) is 1. The summed E-state index contributed by atoms with van der Waals surface area (Å²) in [7, 11) is 0. The maximum atomic E-state index is 12.7. The number of hydrogen-bond donors (Lipinski definition) is 1. The lowest BCUT2D eigenvalue weighted by molar-refractivity contribution is -0.133. The largest absolute Gasteiger partial charge is 0.397 e. The summed E-state index contributed by atoms with van der Waals surface area (Å²) in [5, 5.41) is 0. The highest BCUT2D eigenvalue weighted by molar-refractivity contribution is 5.86. The molecule has 0 saturated carbocycles. The molecular formula is C17H27N3O. The lowest BCUT2D eigenvalue weighted by Crippen LogP contribution is -2.49. The molecule has 1 aliphatic rings. The molecule has 116 valence electrons. The monoisotopic (exact) mass is 289 g/mol. The predicted octanol–water partition coefficient (Wildman–Crippen LogP) is 2.89. The van der Waals surface area contributed by atoms with Gasteiger partial charge in [-0.3, -0.25) is 4.79 Å². The number of benzene rings is 1. The molecule has 4 heteroatoms. The average Bonchev–Trinajstić information content (AvgIpc) is 2.53. The van der Waals surface area contributed by atoms with Crippen LogP contribution in [-0.4, -0.2) is 36.5 Å². The number of amides is 1. The average molecular weight is 289 g/mol. The van der Waals surface area contributed by atoms with Crippen LogP contribution in [0.25, 0.3) is 0 Å². The van der Waals surface area contributed by atoms with E-state index in [9.17, 15) is 4.79 Å². The van der Waals surface area contributed by atoms with Gasteiger partial charge in [0.15, 0.2) is 0 Å². The summed E-state index contributed by atoms with van der Waals surface area (Å²) in [5.74, 6) is 0.228. The minimum atomic E-state index is -0.159. The van der Waals surface area contributed by atoms with E-state index in [1.54, 1.807) is 0 Å². The number of carbonyl (C=O) groups is 1. The van der Waals surface area contributed by atoms with E-state index in [1.807, 2.05) is 36.1 Å². The molecule has 2 rings (SSSR count). The lowest BCUT2D eigenvalue weighted by atomic mass is 10.1. The molecule has 0 aromatic heterocycles. The number of nitrogens with zero attached hydrogens (tertiary/aromatic N) is 2. The molecule has 1 amide bonds. The van der Waals surface area contributed by atoms with E-state index in [0.29, 0.717) is 0 Å². The van der Waals surface area contributed by atoms with Crippen molar-refractivity contribution in [2.45, 2.75) is 45.6 Å². The lowest BCUT2D eigenvalue weighted by Gasteiger charge is -2.36. The first-order valence-corrected chi connectivity index (χ1v) is 8.05. The van der Waals surface area contributed by atoms with E-state index < -0.39 is 0 Å². The van der Waals surface area contributed by atoms with Crippen LogP contribution in [0.2, 0.25) is 0 Å². The van der Waals surface area contributed by atoms with E-state index in [4.69, 9.17) is 5.73 Å². The highest BCUT2D eigenvalue weighted by atomic mass is 16.2. The van der Waals surface area contributed by atoms with Gasteiger partial charge in [-0.15, -0.1) is 0 Å². The minimum absolute atomic E-state index is 0.159. The molecule has 2 N–H and O–H groups in total. The van der Waals surface area contributed by atoms with E-state index in [1.165, 1.54) is 6.42 Å². The Labute approximate surface area is 127 Å². The highest BCUT2D eigenvalue weighted by Crippen LogP contribution is 2.26. The molecule has 4 nitrogen and oxygen atoms in total. The fourth-order valence-corrected chi connectivity index (χ4v) is 3.02. The number of para-hydroxylation sites is 2. The Balaban J connectivity index is 2.17. The zero-order valence-corrected chi connectivity index (χ0v) is 13.2. The summed E-state index contributed by atoms with van der Waals surface area (Å²) in [6.07, 6.45) is 4.48. The van der Waals surface area contributed by atoms with E-state index in [0.717, 1.165) is 50.3 Å². The van der Waals surface area contributed by atoms with Crippen molar-refractivity contribution in [3.8, 4) is 0 Å². The standard InChI is InChI=1S/C17H27N3O/c1-3-11-20(16-10-6-5-9-15(16)18)14(2)17(21)19-12-7-4-8-13-19/h5-6,9-10,14H,3-4,7-8,11-13,18H2,1-2H3. The Morgan fingerprint density at radius 1 is 1.29 bits per heavy atom. The second-order valence-corrected chi connectivity index (χ2v) is 5.81. The molecule has 1 aliphatic heterocycles. The van der Waals surface area contributed by atoms with Crippen LogP contribution in [-0.2, 0) is 4.79 Å². The number of rotatable bonds is 5. The maximum absolute atomic E-state index is 12.7. The van der Waals surface area contributed by atoms with E-state index in [-0.39, 0.29) is 11.9 Å². The molecule has 1 heterocycles. The third-order valence-electron chi connectivity index (χ3n) is 4.20. The first-order valence-electron chi connectivity index (χ1n) is 8.05. The van der Waals surface area contributed by atoms with Gasteiger partial charge in [0.1, 0.15) is 6.04 Å². The molecule has 1 aromatic carbocycles. The second kappa shape index (κ2) is 7.34. The van der Waals surface area contributed by atoms with Crippen LogP contribution in [0.15, 0.2) is 24.3 Å². The van der Waals surface area contributed by atoms with Gasteiger partial charge in [0.05, 0.1) is 11.4 Å². The van der Waals surface area contributed by atoms with Crippen molar-refractivity contribution < 1.29 is 4.79 Å². The molecule has 1 fully saturated rings. The first kappa shape index (κ1) is 15.7. The Morgan fingerprint density at radius 2 is 1.95 bits per heavy atom. The molecular weight excluding hydrogens is 262 g/mol. The van der Waals surface area contributed by atoms with Crippen molar-refractivity contribution in [1.29, 1.82) is 0 Å². The van der Waals surface area contributed by atoms with Crippen molar-refractivity contribution in [3.05, 3.63) is 24.3 Å². The van der Waals surface area contributed by atoms with Crippen LogP contribution in [0.3, 0.4) is 0 Å². The summed E-state index contributed by atoms with van der Waals surface area (Å²) in [6, 6.07) is 7.65. The van der Waals surface area contributed by atoms with E-state index in [2.05, 4.69) is 11.8 Å². The number of hydrogen-bond acceptors (Lipinski definition) is 3. The summed E-state index contributed by atoms with van der Waals surface area (Å²) in [4.78, 5) is 16.9. The Kier molecular flexibility index (Phi) is 5.48. The van der Waals surface area contributed by atoms with Gasteiger partial charge in [-0.05, 0) is 44.7 Å². The normalized spacial score (nSPS) is 16.6. The Bertz CT molecular complexity index is 469. The predicted molar refractivity (Wildman–Crippen MR) is 88.4 cm³/mol. The number of anilines is 2. The number of nitrogens with two attached hydrogens (primary N) is 1. The molecule has 0 spiro atoms. The number of carbonyl (C=O) groups excluding carboxylic acids is 1. The SMILES string of the molecule is CCCN(c1ccccc1N)C(C)C(=O)N1CCCCC1. The summed E-state index contributed by atoms with van der Waals surface area (Å²) in [5.41, 5.74) is 7.81. The molecule has 0 aliphatic carbocycles. The first-order chi connectivity index (χ1) is 10.1. The van der Waals surface area contributed by atoms with Gasteiger partial charge in [0.2, 0.25) is 5.91 Å². The van der Waals surface area contributed by atoms with Crippen molar-refractivity contribution in [2.24, 2.45) is 0 Å². The van der Waals surface area contributed by atoms with Crippen LogP contribution >= 0.6 is 0 Å². The molecule has 1 atom stereocenters. The fraction of sp³-hybridized carbons (Fsp3) is 0.588. The molecule has 21 heavy (non-hydrogen) atoms. The van der Waals surface area contributed by atoms with Gasteiger partial charge < -0.3 is 15.5 Å². The molecule has 1 aromatic rings. The molecule has 0 radical (unpaired) electrons. The van der Waals surface area contributed by atoms with Gasteiger partial charge in [-0.2, -0.15) is 0 Å². The van der Waals surface area contributed by atoms with Crippen molar-refractivity contribution in [3.63, 3.8) is 0 Å². The van der Waals surface area contributed by atoms with Gasteiger partial charge in [0, 0.05) is 19.6 Å². The Morgan fingerprint density at radius 3 is 2.57 bits per heavy atom. The second-order valence-electron chi connectivity index (χ2n) is 5.81. The zero-order valence-electron chi connectivity index (χ0n) is 13.2. The van der Waals surface area contributed by atoms with Crippen molar-refractivity contribution in [1.82, 2.24) is 4.90 Å². The maximum Gasteiger partial charge on any atom is 0.244 e. The third kappa shape index (κ3) is 3.69. The van der Waals surface area contributed by atoms with Crippen molar-refractivity contribution in [2.75, 3.05) is 30.3 Å². The quantitative estimate of drug-likeness (QED) is 0.848. The third-order valence-corrected chi connectivity index (χ3v) is 4.20. The van der Waals surface area contributed by atoms with Gasteiger partial charge in [0.25, 0.3) is 0 Å². The number of piperidine rings is 1. The molecule has 1 unspecified atom stereocenters. The van der Waals surface area contributed by atoms with Crippen LogP contribution < -0.4 is 10.6 Å². The zero-order chi connectivity index (χ0) is 15.2. The van der Waals surface area contributed by atoms with Gasteiger partial charge >= 0.3 is 0 Å². The number of nitrogen functional groups attached to an aromatic ring is 1. The van der Waals surface area contributed by atoms with Crippen LogP contribution in [0.1, 0.15) is 39.5 Å². The summed E-state index contributed by atoms with van der Waals surface area (Å²) < 4.78 is 0. The Hall–Kier alpha value is -1.71. The molecule has 0 bridgehead atoms. The summed E-state index contributed by atoms with van der Waals surface area (Å²) >= 11 is 0. The molecule has 1 saturated heterocycles. The highest BCUT2D eigenvalue weighted by Gasteiger charge is 2.27.